The highest BCUT2D eigenvalue weighted by molar-refractivity contribution is 5.83. The zero-order valence-electron chi connectivity index (χ0n) is 28.8. The summed E-state index contributed by atoms with van der Waals surface area (Å²) in [5.74, 6) is -10.2. The van der Waals surface area contributed by atoms with Crippen molar-refractivity contribution in [2.24, 2.45) is 0 Å². The van der Waals surface area contributed by atoms with Crippen LogP contribution in [0.5, 0.6) is 0 Å². The van der Waals surface area contributed by atoms with Gasteiger partial charge in [-0.1, -0.05) is 42.5 Å². The first-order chi connectivity index (χ1) is 26.1. The summed E-state index contributed by atoms with van der Waals surface area (Å²) in [7, 11) is 0. The molecule has 290 valence electrons. The van der Waals surface area contributed by atoms with Crippen LogP contribution in [0.1, 0.15) is 27.8 Å². The Kier molecular flexibility index (Phi) is 10.3. The van der Waals surface area contributed by atoms with E-state index in [1.165, 1.54) is 50.2 Å². The lowest BCUT2D eigenvalue weighted by atomic mass is 10.0. The minimum Gasteiger partial charge on any atom is -0.310 e. The summed E-state index contributed by atoms with van der Waals surface area (Å²) in [6.45, 7) is 2.67. The molecule has 0 heterocycles. The van der Waals surface area contributed by atoms with E-state index in [0.717, 1.165) is 41.3 Å². The molecule has 0 N–H and O–H groups in total. The van der Waals surface area contributed by atoms with E-state index in [0.29, 0.717) is 28.2 Å². The van der Waals surface area contributed by atoms with E-state index in [1.807, 2.05) is 0 Å². The van der Waals surface area contributed by atoms with Gasteiger partial charge in [0.05, 0.1) is 11.1 Å². The van der Waals surface area contributed by atoms with Gasteiger partial charge in [-0.05, 0) is 109 Å². The number of hydrogen-bond donors (Lipinski definition) is 0. The summed E-state index contributed by atoms with van der Waals surface area (Å²) in [5.41, 5.74) is -6.27. The Balaban J connectivity index is 1.57. The molecule has 15 heteroatoms. The lowest BCUT2D eigenvalue weighted by Gasteiger charge is -2.30. The van der Waals surface area contributed by atoms with Crippen molar-refractivity contribution in [1.82, 2.24) is 0 Å². The van der Waals surface area contributed by atoms with Gasteiger partial charge < -0.3 is 9.80 Å². The van der Waals surface area contributed by atoms with Gasteiger partial charge in [0, 0.05) is 28.4 Å². The molecule has 0 saturated heterocycles. The van der Waals surface area contributed by atoms with E-state index in [-0.39, 0.29) is 39.6 Å². The quantitative estimate of drug-likeness (QED) is 0.117. The minimum absolute atomic E-state index is 0.0857. The summed E-state index contributed by atoms with van der Waals surface area (Å²) in [6, 6.07) is 24.1. The first kappa shape index (κ1) is 39.7. The van der Waals surface area contributed by atoms with E-state index in [4.69, 9.17) is 0 Å². The number of alkyl halides is 9. The second kappa shape index (κ2) is 14.6. The Bertz CT molecular complexity index is 2290. The van der Waals surface area contributed by atoms with E-state index in [1.54, 1.807) is 30.3 Å². The van der Waals surface area contributed by atoms with E-state index >= 15 is 17.6 Å². The number of hydrogen-bond acceptors (Lipinski definition) is 2. The number of benzene rings is 6. The van der Waals surface area contributed by atoms with Crippen molar-refractivity contribution >= 4 is 34.1 Å². The van der Waals surface area contributed by atoms with Crippen LogP contribution < -0.4 is 9.80 Å². The highest BCUT2D eigenvalue weighted by atomic mass is 19.4. The predicted octanol–water partition coefficient (Wildman–Crippen LogP) is 14.5. The second-order valence-corrected chi connectivity index (χ2v) is 12.7. The van der Waals surface area contributed by atoms with Crippen molar-refractivity contribution in [2.75, 3.05) is 9.80 Å². The van der Waals surface area contributed by atoms with Crippen LogP contribution in [0.4, 0.5) is 91.2 Å². The van der Waals surface area contributed by atoms with Crippen molar-refractivity contribution in [3.05, 3.63) is 166 Å². The first-order valence-electron chi connectivity index (χ1n) is 16.3. The van der Waals surface area contributed by atoms with Crippen molar-refractivity contribution in [3.63, 3.8) is 0 Å². The number of anilines is 6. The SMILES string of the molecule is Cc1cc(N(c2ccc(N(c3ccc(-c4ccccc4)cc3)c3c(F)c(F)c(C(F)(F)F)c(F)c3F)cc2)c2cc(C)cc(C(F)(F)F)c2)cc(C(F)(F)F)c1. The monoisotopic (exact) mass is 792 g/mol. The Hall–Kier alpha value is -5.99. The molecule has 6 aromatic rings. The Morgan fingerprint density at radius 3 is 1.14 bits per heavy atom. The third-order valence-corrected chi connectivity index (χ3v) is 8.64. The Labute approximate surface area is 310 Å². The molecule has 6 aromatic carbocycles. The fraction of sp³-hybridized carbons (Fsp3) is 0.122. The maximum atomic E-state index is 15.7. The smallest absolute Gasteiger partial charge is 0.310 e. The average Bonchev–Trinajstić information content (AvgIpc) is 3.12. The third-order valence-electron chi connectivity index (χ3n) is 8.64. The highest BCUT2D eigenvalue weighted by Gasteiger charge is 2.43. The zero-order chi connectivity index (χ0) is 40.9. The molecule has 0 aromatic heterocycles. The molecule has 0 aliphatic heterocycles. The van der Waals surface area contributed by atoms with Gasteiger partial charge in [0.25, 0.3) is 0 Å². The molecule has 0 atom stereocenters. The van der Waals surface area contributed by atoms with Crippen LogP contribution in [-0.4, -0.2) is 0 Å². The van der Waals surface area contributed by atoms with Gasteiger partial charge in [0.2, 0.25) is 0 Å². The van der Waals surface area contributed by atoms with Crippen molar-refractivity contribution in [1.29, 1.82) is 0 Å². The van der Waals surface area contributed by atoms with Gasteiger partial charge >= 0.3 is 18.5 Å². The molecule has 0 bridgehead atoms. The molecule has 0 radical (unpaired) electrons. The standard InChI is InChI=1S/C41H25F13N2/c1-22-16-26(39(46,47)48)20-31(18-22)55(32-19-23(2)17-27(21-32)40(49,50)51)28-12-14-30(15-13-28)56(29-10-8-25(9-11-29)24-6-4-3-5-7-24)38-36(44)34(42)33(41(52,53)54)35(43)37(38)45/h3-21H,1-2H3. The van der Waals surface area contributed by atoms with Crippen LogP contribution in [-0.2, 0) is 18.5 Å². The number of nitrogens with zero attached hydrogens (tertiary/aromatic N) is 2. The number of rotatable bonds is 7. The van der Waals surface area contributed by atoms with Crippen molar-refractivity contribution in [2.45, 2.75) is 32.4 Å². The Morgan fingerprint density at radius 1 is 0.375 bits per heavy atom. The molecule has 0 aliphatic rings. The predicted molar refractivity (Wildman–Crippen MR) is 186 cm³/mol. The average molecular weight is 793 g/mol. The molecule has 2 nitrogen and oxygen atoms in total. The molecular formula is C41H25F13N2. The summed E-state index contributed by atoms with van der Waals surface area (Å²) in [5, 5.41) is 0. The Morgan fingerprint density at radius 2 is 0.750 bits per heavy atom. The van der Waals surface area contributed by atoms with Gasteiger partial charge in [0.15, 0.2) is 23.3 Å². The molecule has 0 unspecified atom stereocenters. The van der Waals surface area contributed by atoms with Crippen LogP contribution in [0.15, 0.2) is 115 Å². The van der Waals surface area contributed by atoms with Gasteiger partial charge in [-0.2, -0.15) is 39.5 Å². The largest absolute Gasteiger partial charge is 0.422 e. The normalized spacial score (nSPS) is 12.2. The molecule has 0 saturated carbocycles. The fourth-order valence-electron chi connectivity index (χ4n) is 6.22. The molecule has 0 fully saturated rings. The van der Waals surface area contributed by atoms with Gasteiger partial charge in [-0.3, -0.25) is 0 Å². The van der Waals surface area contributed by atoms with Gasteiger partial charge in [0.1, 0.15) is 11.3 Å². The molecular weight excluding hydrogens is 767 g/mol. The highest BCUT2D eigenvalue weighted by Crippen LogP contribution is 2.46. The van der Waals surface area contributed by atoms with Crippen molar-refractivity contribution < 1.29 is 57.1 Å². The summed E-state index contributed by atoms with van der Waals surface area (Å²) < 4.78 is 186. The summed E-state index contributed by atoms with van der Waals surface area (Å²) in [6.07, 6.45) is -15.6. The van der Waals surface area contributed by atoms with Crippen LogP contribution in [0.25, 0.3) is 11.1 Å². The topological polar surface area (TPSA) is 6.48 Å². The third kappa shape index (κ3) is 7.88. The molecule has 56 heavy (non-hydrogen) atoms. The van der Waals surface area contributed by atoms with E-state index in [9.17, 15) is 39.5 Å². The molecule has 0 amide bonds. The van der Waals surface area contributed by atoms with Crippen LogP contribution in [0.2, 0.25) is 0 Å². The van der Waals surface area contributed by atoms with Crippen LogP contribution in [0.3, 0.4) is 0 Å². The first-order valence-corrected chi connectivity index (χ1v) is 16.3. The maximum absolute atomic E-state index is 15.7. The fourth-order valence-corrected chi connectivity index (χ4v) is 6.22. The van der Waals surface area contributed by atoms with E-state index < -0.39 is 64.2 Å². The number of aryl methyl sites for hydroxylation is 2. The summed E-state index contributed by atoms with van der Waals surface area (Å²) >= 11 is 0. The van der Waals surface area contributed by atoms with Crippen molar-refractivity contribution in [3.8, 4) is 11.1 Å². The van der Waals surface area contributed by atoms with Gasteiger partial charge in [-0.15, -0.1) is 0 Å². The lowest BCUT2D eigenvalue weighted by molar-refractivity contribution is -0.143. The van der Waals surface area contributed by atoms with E-state index in [2.05, 4.69) is 0 Å². The van der Waals surface area contributed by atoms with Crippen LogP contribution >= 0.6 is 0 Å². The molecule has 6 rings (SSSR count). The minimum atomic E-state index is -5.83. The maximum Gasteiger partial charge on any atom is 0.422 e. The molecule has 0 spiro atoms. The van der Waals surface area contributed by atoms with Crippen LogP contribution in [0, 0.1) is 37.1 Å². The number of halogens is 13. The summed E-state index contributed by atoms with van der Waals surface area (Å²) in [4.78, 5) is 1.65. The second-order valence-electron chi connectivity index (χ2n) is 12.7. The molecule has 0 aliphatic carbocycles. The zero-order valence-corrected chi connectivity index (χ0v) is 28.8. The van der Waals surface area contributed by atoms with Gasteiger partial charge in [-0.25, -0.2) is 17.6 Å². The lowest BCUT2D eigenvalue weighted by Crippen LogP contribution is -2.21.